The van der Waals surface area contributed by atoms with Gasteiger partial charge in [-0.1, -0.05) is 15.9 Å². The number of rotatable bonds is 4. The summed E-state index contributed by atoms with van der Waals surface area (Å²) >= 11 is 3.32. The highest BCUT2D eigenvalue weighted by Gasteiger charge is 2.35. The van der Waals surface area contributed by atoms with E-state index in [1.807, 2.05) is 26.2 Å². The molecule has 5 heteroatoms. The molecule has 0 spiro atoms. The Morgan fingerprint density at radius 1 is 1.28 bits per heavy atom. The molecule has 96 valence electrons. The van der Waals surface area contributed by atoms with Crippen LogP contribution in [0.5, 0.6) is 0 Å². The maximum absolute atomic E-state index is 11.9. The zero-order chi connectivity index (χ0) is 13.3. The first kappa shape index (κ1) is 13.2. The van der Waals surface area contributed by atoms with E-state index in [-0.39, 0.29) is 0 Å². The molecular weight excluding hydrogens is 296 g/mol. The second-order valence-electron chi connectivity index (χ2n) is 4.60. The first-order chi connectivity index (χ1) is 8.50. The number of Topliss-reactive ketones (excluding diaryl/α,β-unsaturated/α-hetero) is 1. The third-order valence-corrected chi connectivity index (χ3v) is 3.41. The van der Waals surface area contributed by atoms with Gasteiger partial charge < -0.3 is 9.80 Å². The first-order valence-corrected chi connectivity index (χ1v) is 6.60. The average Bonchev–Trinajstić information content (AvgIpc) is 2.54. The molecule has 0 radical (unpaired) electrons. The number of carbonyl (C=O) groups excluding carboxylic acids is 2. The molecule has 0 bridgehead atoms. The first-order valence-electron chi connectivity index (χ1n) is 5.81. The summed E-state index contributed by atoms with van der Waals surface area (Å²) in [7, 11) is 3.98. The maximum atomic E-state index is 11.9. The smallest absolute Gasteiger partial charge is 0.299 e. The largest absolute Gasteiger partial charge is 0.309 e. The van der Waals surface area contributed by atoms with Crippen LogP contribution in [0.4, 0.5) is 5.69 Å². The standard InChI is InChI=1S/C13H15BrN2O2/c1-15(2)6-3-7-16-11-5-4-9(14)8-10(11)12(17)13(16)18/h4-5,8H,3,6-7H2,1-2H3. The summed E-state index contributed by atoms with van der Waals surface area (Å²) in [6.45, 7) is 1.47. The molecular formula is C13H15BrN2O2. The third-order valence-electron chi connectivity index (χ3n) is 2.92. The van der Waals surface area contributed by atoms with Crippen molar-refractivity contribution in [2.75, 3.05) is 32.1 Å². The Labute approximate surface area is 115 Å². The van der Waals surface area contributed by atoms with E-state index in [4.69, 9.17) is 0 Å². The molecule has 4 nitrogen and oxygen atoms in total. The number of halogens is 1. The van der Waals surface area contributed by atoms with Crippen LogP contribution in [0.15, 0.2) is 22.7 Å². The lowest BCUT2D eigenvalue weighted by molar-refractivity contribution is -0.114. The molecule has 1 aromatic carbocycles. The van der Waals surface area contributed by atoms with Crippen molar-refractivity contribution in [3.8, 4) is 0 Å². The van der Waals surface area contributed by atoms with Gasteiger partial charge in [-0.15, -0.1) is 0 Å². The zero-order valence-electron chi connectivity index (χ0n) is 10.4. The van der Waals surface area contributed by atoms with E-state index in [9.17, 15) is 9.59 Å². The van der Waals surface area contributed by atoms with Gasteiger partial charge in [0, 0.05) is 11.0 Å². The zero-order valence-corrected chi connectivity index (χ0v) is 12.0. The van der Waals surface area contributed by atoms with Gasteiger partial charge in [-0.05, 0) is 45.3 Å². The summed E-state index contributed by atoms with van der Waals surface area (Å²) in [6.07, 6.45) is 0.849. The SMILES string of the molecule is CN(C)CCCN1C(=O)C(=O)c2cc(Br)ccc21. The highest BCUT2D eigenvalue weighted by molar-refractivity contribution is 9.10. The summed E-state index contributed by atoms with van der Waals surface area (Å²) in [4.78, 5) is 27.4. The number of hydrogen-bond donors (Lipinski definition) is 0. The Balaban J connectivity index is 2.18. The topological polar surface area (TPSA) is 40.6 Å². The van der Waals surface area contributed by atoms with E-state index in [1.165, 1.54) is 0 Å². The molecule has 0 aromatic heterocycles. The Bertz CT molecular complexity index is 500. The lowest BCUT2D eigenvalue weighted by atomic mass is 10.1. The van der Waals surface area contributed by atoms with Gasteiger partial charge in [0.1, 0.15) is 0 Å². The van der Waals surface area contributed by atoms with Gasteiger partial charge in [-0.25, -0.2) is 0 Å². The molecule has 1 aliphatic rings. The lowest BCUT2D eigenvalue weighted by Gasteiger charge is -2.17. The molecule has 0 saturated heterocycles. The minimum absolute atomic E-state index is 0.406. The fraction of sp³-hybridized carbons (Fsp3) is 0.385. The van der Waals surface area contributed by atoms with E-state index in [1.54, 1.807) is 11.0 Å². The van der Waals surface area contributed by atoms with Gasteiger partial charge >= 0.3 is 0 Å². The minimum Gasteiger partial charge on any atom is -0.309 e. The van der Waals surface area contributed by atoms with Crippen molar-refractivity contribution in [1.29, 1.82) is 0 Å². The quantitative estimate of drug-likeness (QED) is 0.798. The van der Waals surface area contributed by atoms with Gasteiger partial charge in [-0.3, -0.25) is 9.59 Å². The van der Waals surface area contributed by atoms with Gasteiger partial charge in [0.25, 0.3) is 11.7 Å². The van der Waals surface area contributed by atoms with Crippen molar-refractivity contribution in [2.45, 2.75) is 6.42 Å². The number of benzene rings is 1. The number of ketones is 1. The Morgan fingerprint density at radius 3 is 2.67 bits per heavy atom. The predicted octanol–water partition coefficient (Wildman–Crippen LogP) is 1.93. The summed E-state index contributed by atoms with van der Waals surface area (Å²) in [5, 5.41) is 0. The number of anilines is 1. The molecule has 1 aliphatic heterocycles. The van der Waals surface area contributed by atoms with Gasteiger partial charge in [0.15, 0.2) is 0 Å². The molecule has 0 N–H and O–H groups in total. The average molecular weight is 311 g/mol. The number of nitrogens with zero attached hydrogens (tertiary/aromatic N) is 2. The van der Waals surface area contributed by atoms with Crippen molar-refractivity contribution in [2.24, 2.45) is 0 Å². The fourth-order valence-corrected chi connectivity index (χ4v) is 2.40. The Morgan fingerprint density at radius 2 is 2.00 bits per heavy atom. The minimum atomic E-state index is -0.415. The normalized spacial score (nSPS) is 14.6. The van der Waals surface area contributed by atoms with E-state index >= 15 is 0 Å². The van der Waals surface area contributed by atoms with Crippen LogP contribution < -0.4 is 4.90 Å². The predicted molar refractivity (Wildman–Crippen MR) is 74.0 cm³/mol. The molecule has 0 aliphatic carbocycles. The van der Waals surface area contributed by atoms with Crippen LogP contribution in [-0.4, -0.2) is 43.8 Å². The van der Waals surface area contributed by atoms with Crippen LogP contribution in [0.1, 0.15) is 16.8 Å². The van der Waals surface area contributed by atoms with E-state index in [2.05, 4.69) is 20.8 Å². The Kier molecular flexibility index (Phi) is 3.82. The monoisotopic (exact) mass is 310 g/mol. The summed E-state index contributed by atoms with van der Waals surface area (Å²) < 4.78 is 0.817. The molecule has 0 fully saturated rings. The highest BCUT2D eigenvalue weighted by Crippen LogP contribution is 2.31. The van der Waals surface area contributed by atoms with Crippen LogP contribution in [0.3, 0.4) is 0 Å². The molecule has 1 heterocycles. The molecule has 1 amide bonds. The van der Waals surface area contributed by atoms with Crippen LogP contribution in [-0.2, 0) is 4.79 Å². The van der Waals surface area contributed by atoms with Gasteiger partial charge in [0.2, 0.25) is 0 Å². The fourth-order valence-electron chi connectivity index (χ4n) is 2.04. The second kappa shape index (κ2) is 5.20. The second-order valence-corrected chi connectivity index (χ2v) is 5.52. The molecule has 0 saturated carbocycles. The number of fused-ring (bicyclic) bond motifs is 1. The molecule has 0 atom stereocenters. The lowest BCUT2D eigenvalue weighted by Crippen LogP contribution is -2.32. The molecule has 0 unspecified atom stereocenters. The number of amides is 1. The van der Waals surface area contributed by atoms with E-state index < -0.39 is 11.7 Å². The van der Waals surface area contributed by atoms with Crippen molar-refractivity contribution in [1.82, 2.24) is 4.90 Å². The van der Waals surface area contributed by atoms with Crippen molar-refractivity contribution in [3.05, 3.63) is 28.2 Å². The van der Waals surface area contributed by atoms with E-state index in [0.717, 1.165) is 23.1 Å². The van der Waals surface area contributed by atoms with Gasteiger partial charge in [0.05, 0.1) is 11.3 Å². The van der Waals surface area contributed by atoms with Crippen molar-refractivity contribution < 1.29 is 9.59 Å². The van der Waals surface area contributed by atoms with E-state index in [0.29, 0.717) is 12.1 Å². The summed E-state index contributed by atoms with van der Waals surface area (Å²) in [5.41, 5.74) is 1.23. The summed E-state index contributed by atoms with van der Waals surface area (Å²) in [6, 6.07) is 5.38. The number of carbonyl (C=O) groups is 2. The van der Waals surface area contributed by atoms with Crippen molar-refractivity contribution in [3.63, 3.8) is 0 Å². The molecule has 2 rings (SSSR count). The van der Waals surface area contributed by atoms with Crippen molar-refractivity contribution >= 4 is 33.3 Å². The number of hydrogen-bond acceptors (Lipinski definition) is 3. The Hall–Kier alpha value is -1.20. The van der Waals surface area contributed by atoms with Crippen LogP contribution >= 0.6 is 15.9 Å². The third kappa shape index (κ3) is 2.47. The van der Waals surface area contributed by atoms with Crippen LogP contribution in [0.2, 0.25) is 0 Å². The summed E-state index contributed by atoms with van der Waals surface area (Å²) in [5.74, 6) is -0.821. The van der Waals surface area contributed by atoms with Gasteiger partial charge in [-0.2, -0.15) is 0 Å². The molecule has 1 aromatic rings. The van der Waals surface area contributed by atoms with Crippen LogP contribution in [0, 0.1) is 0 Å². The van der Waals surface area contributed by atoms with Crippen LogP contribution in [0.25, 0.3) is 0 Å². The maximum Gasteiger partial charge on any atom is 0.299 e. The molecule has 18 heavy (non-hydrogen) atoms. The highest BCUT2D eigenvalue weighted by atomic mass is 79.9.